The number of benzene rings is 1. The molecule has 2 aliphatic rings. The molecule has 1 amide bonds. The van der Waals surface area contributed by atoms with Crippen molar-refractivity contribution in [3.05, 3.63) is 35.1 Å². The van der Waals surface area contributed by atoms with Gasteiger partial charge in [0.25, 0.3) is 0 Å². The van der Waals surface area contributed by atoms with E-state index in [9.17, 15) is 22.8 Å². The van der Waals surface area contributed by atoms with Gasteiger partial charge in [-0.25, -0.2) is 13.2 Å². The van der Waals surface area contributed by atoms with E-state index in [1.807, 2.05) is 0 Å². The maximum atomic E-state index is 13.8. The Hall–Kier alpha value is -2.17. The van der Waals surface area contributed by atoms with E-state index in [4.69, 9.17) is 15.6 Å². The number of carboxylic acids is 1. The Labute approximate surface area is 178 Å². The number of ether oxygens (including phenoxy) is 1. The molecule has 172 valence electrons. The predicted molar refractivity (Wildman–Crippen MR) is 105 cm³/mol. The average molecular weight is 443 g/mol. The summed E-state index contributed by atoms with van der Waals surface area (Å²) in [5.74, 6) is -4.48. The van der Waals surface area contributed by atoms with Crippen LogP contribution in [0.1, 0.15) is 44.1 Å². The van der Waals surface area contributed by atoms with Crippen molar-refractivity contribution in [2.45, 2.75) is 69.4 Å². The zero-order valence-electron chi connectivity index (χ0n) is 17.1. The third-order valence-corrected chi connectivity index (χ3v) is 5.76. The van der Waals surface area contributed by atoms with E-state index >= 15 is 0 Å². The standard InChI is InChI=1S/C21H28F3N3O4/c22-15-9-17(24)16(23)6-12(15)5-13(25)7-18(28)27-14(8-19(29)30)10-26-21-20(31-21)11-3-1-2-4-11/h6,9,11,13-14,20-21,26H,1-5,7-8,10,25H2,(H,27,28)(H,29,30)/t13-,14+,20?,21?/m1/s1. The number of nitrogens with two attached hydrogens (primary N) is 1. The summed E-state index contributed by atoms with van der Waals surface area (Å²) in [6.45, 7) is 0.221. The van der Waals surface area contributed by atoms with Gasteiger partial charge < -0.3 is 20.9 Å². The second kappa shape index (κ2) is 10.4. The molecule has 10 heteroatoms. The van der Waals surface area contributed by atoms with Crippen molar-refractivity contribution < 1.29 is 32.6 Å². The quantitative estimate of drug-likeness (QED) is 0.306. The minimum atomic E-state index is -1.30. The number of epoxide rings is 1. The molecule has 1 saturated carbocycles. The Kier molecular flexibility index (Phi) is 7.90. The molecule has 0 aromatic heterocycles. The van der Waals surface area contributed by atoms with Crippen LogP contribution in [0, 0.1) is 23.4 Å². The summed E-state index contributed by atoms with van der Waals surface area (Å²) in [6.07, 6.45) is 4.00. The highest BCUT2D eigenvalue weighted by Crippen LogP contribution is 2.38. The van der Waals surface area contributed by atoms with Crippen molar-refractivity contribution in [3.63, 3.8) is 0 Å². The lowest BCUT2D eigenvalue weighted by Gasteiger charge is -2.19. The van der Waals surface area contributed by atoms with Gasteiger partial charge in [0.2, 0.25) is 5.91 Å². The highest BCUT2D eigenvalue weighted by molar-refractivity contribution is 5.78. The fourth-order valence-corrected chi connectivity index (χ4v) is 4.18. The molecule has 7 nitrogen and oxygen atoms in total. The van der Waals surface area contributed by atoms with Crippen LogP contribution >= 0.6 is 0 Å². The molecule has 1 saturated heterocycles. The number of hydrogen-bond donors (Lipinski definition) is 4. The van der Waals surface area contributed by atoms with Crippen LogP contribution < -0.4 is 16.4 Å². The SMILES string of the molecule is N[C@@H](CC(=O)N[C@H](CNC1OC1C1CCCC1)CC(=O)O)Cc1cc(F)c(F)cc1F. The number of nitrogens with one attached hydrogen (secondary N) is 2. The maximum absolute atomic E-state index is 13.8. The van der Waals surface area contributed by atoms with Gasteiger partial charge in [-0.15, -0.1) is 0 Å². The van der Waals surface area contributed by atoms with E-state index in [1.54, 1.807) is 0 Å². The van der Waals surface area contributed by atoms with Crippen LogP contribution in [0.15, 0.2) is 12.1 Å². The lowest BCUT2D eigenvalue weighted by molar-refractivity contribution is -0.137. The smallest absolute Gasteiger partial charge is 0.305 e. The van der Waals surface area contributed by atoms with E-state index in [0.717, 1.165) is 18.9 Å². The van der Waals surface area contributed by atoms with Gasteiger partial charge in [-0.05, 0) is 36.8 Å². The molecule has 31 heavy (non-hydrogen) atoms. The zero-order valence-corrected chi connectivity index (χ0v) is 17.1. The van der Waals surface area contributed by atoms with Crippen LogP contribution in [-0.4, -0.2) is 47.9 Å². The lowest BCUT2D eigenvalue weighted by atomic mass is 10.0. The number of carbonyl (C=O) groups is 2. The molecular weight excluding hydrogens is 415 g/mol. The summed E-state index contributed by atoms with van der Waals surface area (Å²) in [7, 11) is 0. The van der Waals surface area contributed by atoms with Crippen LogP contribution in [0.2, 0.25) is 0 Å². The van der Waals surface area contributed by atoms with E-state index in [0.29, 0.717) is 12.0 Å². The number of hydrogen-bond acceptors (Lipinski definition) is 5. The van der Waals surface area contributed by atoms with Gasteiger partial charge in [-0.1, -0.05) is 12.8 Å². The first-order valence-electron chi connectivity index (χ1n) is 10.5. The number of halogens is 3. The van der Waals surface area contributed by atoms with E-state index in [-0.39, 0.29) is 43.7 Å². The summed E-state index contributed by atoms with van der Waals surface area (Å²) in [4.78, 5) is 23.4. The molecule has 1 aromatic carbocycles. The minimum Gasteiger partial charge on any atom is -0.481 e. The summed E-state index contributed by atoms with van der Waals surface area (Å²) in [5, 5.41) is 14.9. The van der Waals surface area contributed by atoms with Gasteiger partial charge in [0.05, 0.1) is 12.5 Å². The third kappa shape index (κ3) is 6.91. The number of rotatable bonds is 11. The fraction of sp³-hybridized carbons (Fsp3) is 0.619. The highest BCUT2D eigenvalue weighted by atomic mass is 19.2. The van der Waals surface area contributed by atoms with Crippen molar-refractivity contribution in [2.24, 2.45) is 11.7 Å². The summed E-state index contributed by atoms with van der Waals surface area (Å²) >= 11 is 0. The molecule has 0 radical (unpaired) electrons. The number of carboxylic acid groups (broad SMARTS) is 1. The van der Waals surface area contributed by atoms with Crippen LogP contribution in [-0.2, 0) is 20.7 Å². The van der Waals surface area contributed by atoms with Crippen molar-refractivity contribution >= 4 is 11.9 Å². The lowest BCUT2D eigenvalue weighted by Crippen LogP contribution is -2.46. The second-order valence-corrected chi connectivity index (χ2v) is 8.36. The Morgan fingerprint density at radius 2 is 1.81 bits per heavy atom. The number of amides is 1. The second-order valence-electron chi connectivity index (χ2n) is 8.36. The molecule has 3 rings (SSSR count). The Morgan fingerprint density at radius 1 is 1.13 bits per heavy atom. The monoisotopic (exact) mass is 443 g/mol. The molecule has 2 fully saturated rings. The molecule has 2 unspecified atom stereocenters. The molecule has 5 N–H and O–H groups in total. The van der Waals surface area contributed by atoms with Gasteiger partial charge in [0.15, 0.2) is 11.6 Å². The normalized spacial score (nSPS) is 22.8. The first-order chi connectivity index (χ1) is 14.7. The summed E-state index contributed by atoms with van der Waals surface area (Å²) in [6, 6.07) is -0.372. The molecule has 0 spiro atoms. The molecule has 4 atom stereocenters. The van der Waals surface area contributed by atoms with E-state index in [1.165, 1.54) is 12.8 Å². The summed E-state index contributed by atoms with van der Waals surface area (Å²) in [5.41, 5.74) is 5.73. The Bertz CT molecular complexity index is 804. The van der Waals surface area contributed by atoms with Crippen LogP contribution in [0.4, 0.5) is 13.2 Å². The largest absolute Gasteiger partial charge is 0.481 e. The van der Waals surface area contributed by atoms with Gasteiger partial charge >= 0.3 is 5.97 Å². The van der Waals surface area contributed by atoms with Crippen molar-refractivity contribution in [3.8, 4) is 0 Å². The Morgan fingerprint density at radius 3 is 2.48 bits per heavy atom. The van der Waals surface area contributed by atoms with Crippen molar-refractivity contribution in [2.75, 3.05) is 6.54 Å². The molecule has 0 bridgehead atoms. The Balaban J connectivity index is 1.46. The molecule has 1 aromatic rings. The molecule has 1 aliphatic heterocycles. The number of aliphatic carboxylic acids is 1. The third-order valence-electron chi connectivity index (χ3n) is 5.76. The summed E-state index contributed by atoms with van der Waals surface area (Å²) < 4.78 is 45.7. The van der Waals surface area contributed by atoms with Crippen molar-refractivity contribution in [1.82, 2.24) is 10.6 Å². The zero-order chi connectivity index (χ0) is 22.5. The average Bonchev–Trinajstić information content (AvgIpc) is 3.24. The first kappa shape index (κ1) is 23.5. The topological polar surface area (TPSA) is 117 Å². The van der Waals surface area contributed by atoms with Gasteiger partial charge in [0, 0.05) is 25.1 Å². The predicted octanol–water partition coefficient (Wildman–Crippen LogP) is 1.83. The van der Waals surface area contributed by atoms with Crippen LogP contribution in [0.25, 0.3) is 0 Å². The molecular formula is C21H28F3N3O4. The van der Waals surface area contributed by atoms with Gasteiger partial charge in [-0.3, -0.25) is 14.9 Å². The van der Waals surface area contributed by atoms with E-state index < -0.39 is 41.4 Å². The van der Waals surface area contributed by atoms with Crippen LogP contribution in [0.5, 0.6) is 0 Å². The highest BCUT2D eigenvalue weighted by Gasteiger charge is 2.45. The molecule has 1 heterocycles. The fourth-order valence-electron chi connectivity index (χ4n) is 4.18. The van der Waals surface area contributed by atoms with E-state index in [2.05, 4.69) is 10.6 Å². The molecule has 1 aliphatic carbocycles. The minimum absolute atomic E-state index is 0.130. The maximum Gasteiger partial charge on any atom is 0.305 e. The van der Waals surface area contributed by atoms with Gasteiger partial charge in [-0.2, -0.15) is 0 Å². The van der Waals surface area contributed by atoms with Crippen LogP contribution in [0.3, 0.4) is 0 Å². The number of carbonyl (C=O) groups excluding carboxylic acids is 1. The van der Waals surface area contributed by atoms with Gasteiger partial charge in [0.1, 0.15) is 18.1 Å². The van der Waals surface area contributed by atoms with Crippen molar-refractivity contribution in [1.29, 1.82) is 0 Å². The first-order valence-corrected chi connectivity index (χ1v) is 10.5.